The molecule has 1 fully saturated rings. The minimum atomic E-state index is 0.229. The molecule has 0 saturated carbocycles. The van der Waals surface area contributed by atoms with Gasteiger partial charge in [0, 0.05) is 20.1 Å². The topological polar surface area (TPSA) is 62.0 Å². The van der Waals surface area contributed by atoms with Crippen molar-refractivity contribution in [3.8, 4) is 5.75 Å². The Balaban J connectivity index is 1.51. The maximum atomic E-state index is 5.72. The number of methoxy groups -OCH3 is 1. The number of nitrogens with one attached hydrogen (secondary N) is 2. The van der Waals surface area contributed by atoms with Crippen LogP contribution < -0.4 is 15.4 Å². The Kier molecular flexibility index (Phi) is 7.79. The summed E-state index contributed by atoms with van der Waals surface area (Å²) in [5, 5.41) is 6.88. The van der Waals surface area contributed by atoms with Crippen molar-refractivity contribution in [3.63, 3.8) is 0 Å². The van der Waals surface area contributed by atoms with Gasteiger partial charge in [0.1, 0.15) is 11.5 Å². The highest BCUT2D eigenvalue weighted by molar-refractivity contribution is 5.79. The van der Waals surface area contributed by atoms with Gasteiger partial charge >= 0.3 is 0 Å². The SMILES string of the molecule is CN=C(NCCc1cccc(OC)c1)NCC(c1ccco1)N1CCCCC1. The molecule has 1 atom stereocenters. The molecule has 1 aromatic carbocycles. The van der Waals surface area contributed by atoms with Gasteiger partial charge in [0.25, 0.3) is 0 Å². The first kappa shape index (κ1) is 20.3. The molecule has 6 nitrogen and oxygen atoms in total. The maximum absolute atomic E-state index is 5.72. The number of nitrogens with zero attached hydrogens (tertiary/aromatic N) is 2. The smallest absolute Gasteiger partial charge is 0.191 e. The Bertz CT molecular complexity index is 724. The second-order valence-corrected chi connectivity index (χ2v) is 7.11. The first-order valence-electron chi connectivity index (χ1n) is 10.1. The van der Waals surface area contributed by atoms with E-state index in [1.54, 1.807) is 13.4 Å². The number of hydrogen-bond donors (Lipinski definition) is 2. The molecule has 6 heteroatoms. The van der Waals surface area contributed by atoms with Gasteiger partial charge in [-0.2, -0.15) is 0 Å². The van der Waals surface area contributed by atoms with Crippen molar-refractivity contribution < 1.29 is 9.15 Å². The van der Waals surface area contributed by atoms with E-state index in [1.165, 1.54) is 24.8 Å². The summed E-state index contributed by atoms with van der Waals surface area (Å²) in [6.07, 6.45) is 6.50. The Morgan fingerprint density at radius 3 is 2.75 bits per heavy atom. The van der Waals surface area contributed by atoms with Gasteiger partial charge < -0.3 is 19.8 Å². The van der Waals surface area contributed by atoms with E-state index in [4.69, 9.17) is 9.15 Å². The molecule has 2 N–H and O–H groups in total. The Hall–Kier alpha value is -2.47. The van der Waals surface area contributed by atoms with Gasteiger partial charge in [-0.25, -0.2) is 0 Å². The molecule has 0 spiro atoms. The zero-order chi connectivity index (χ0) is 19.6. The average Bonchev–Trinajstić information content (AvgIpc) is 3.28. The molecule has 1 aliphatic heterocycles. The molecule has 0 bridgehead atoms. The predicted molar refractivity (Wildman–Crippen MR) is 113 cm³/mol. The first-order chi connectivity index (χ1) is 13.8. The highest BCUT2D eigenvalue weighted by Gasteiger charge is 2.24. The number of aliphatic imine (C=N–C) groups is 1. The van der Waals surface area contributed by atoms with E-state index in [0.717, 1.165) is 50.1 Å². The van der Waals surface area contributed by atoms with Gasteiger partial charge in [-0.1, -0.05) is 18.6 Å². The Morgan fingerprint density at radius 2 is 2.04 bits per heavy atom. The third-order valence-electron chi connectivity index (χ3n) is 5.23. The molecule has 0 radical (unpaired) electrons. The van der Waals surface area contributed by atoms with Crippen LogP contribution >= 0.6 is 0 Å². The number of piperidine rings is 1. The van der Waals surface area contributed by atoms with Crippen molar-refractivity contribution in [1.82, 2.24) is 15.5 Å². The highest BCUT2D eigenvalue weighted by Crippen LogP contribution is 2.24. The Labute approximate surface area is 168 Å². The lowest BCUT2D eigenvalue weighted by atomic mass is 10.1. The van der Waals surface area contributed by atoms with Crippen molar-refractivity contribution in [1.29, 1.82) is 0 Å². The normalized spacial score (nSPS) is 16.6. The molecule has 28 heavy (non-hydrogen) atoms. The molecule has 1 aromatic heterocycles. The summed E-state index contributed by atoms with van der Waals surface area (Å²) >= 11 is 0. The number of likely N-dealkylation sites (tertiary alicyclic amines) is 1. The molecule has 0 aliphatic carbocycles. The number of ether oxygens (including phenoxy) is 1. The van der Waals surface area contributed by atoms with Gasteiger partial charge in [0.05, 0.1) is 19.4 Å². The Morgan fingerprint density at radius 1 is 1.18 bits per heavy atom. The van der Waals surface area contributed by atoms with E-state index in [2.05, 4.69) is 38.7 Å². The number of guanidine groups is 1. The van der Waals surface area contributed by atoms with E-state index in [0.29, 0.717) is 0 Å². The summed E-state index contributed by atoms with van der Waals surface area (Å²) < 4.78 is 11.0. The molecular weight excluding hydrogens is 352 g/mol. The number of rotatable bonds is 8. The van der Waals surface area contributed by atoms with Crippen LogP contribution in [0.1, 0.15) is 36.6 Å². The van der Waals surface area contributed by atoms with Gasteiger partial charge in [-0.15, -0.1) is 0 Å². The highest BCUT2D eigenvalue weighted by atomic mass is 16.5. The maximum Gasteiger partial charge on any atom is 0.191 e. The summed E-state index contributed by atoms with van der Waals surface area (Å²) in [6.45, 7) is 3.82. The first-order valence-corrected chi connectivity index (χ1v) is 10.1. The molecule has 1 aliphatic rings. The van der Waals surface area contributed by atoms with Crippen LogP contribution in [0.3, 0.4) is 0 Å². The molecule has 1 unspecified atom stereocenters. The summed E-state index contributed by atoms with van der Waals surface area (Å²) in [5.41, 5.74) is 1.24. The van der Waals surface area contributed by atoms with Crippen LogP contribution in [0.25, 0.3) is 0 Å². The van der Waals surface area contributed by atoms with Crippen LogP contribution in [-0.2, 0) is 6.42 Å². The lowest BCUT2D eigenvalue weighted by molar-refractivity contribution is 0.146. The molecule has 3 rings (SSSR count). The number of benzene rings is 1. The van der Waals surface area contributed by atoms with E-state index < -0.39 is 0 Å². The average molecular weight is 385 g/mol. The zero-order valence-electron chi connectivity index (χ0n) is 17.0. The van der Waals surface area contributed by atoms with Crippen molar-refractivity contribution in [2.24, 2.45) is 4.99 Å². The molecule has 1 saturated heterocycles. The third-order valence-corrected chi connectivity index (χ3v) is 5.23. The third kappa shape index (κ3) is 5.76. The summed E-state index contributed by atoms with van der Waals surface area (Å²) in [5.74, 6) is 2.72. The minimum Gasteiger partial charge on any atom is -0.497 e. The fraction of sp³-hybridized carbons (Fsp3) is 0.500. The second kappa shape index (κ2) is 10.8. The molecule has 152 valence electrons. The van der Waals surface area contributed by atoms with Gasteiger partial charge in [-0.05, 0) is 62.2 Å². The fourth-order valence-corrected chi connectivity index (χ4v) is 3.69. The van der Waals surface area contributed by atoms with Crippen molar-refractivity contribution >= 4 is 5.96 Å². The molecule has 2 heterocycles. The van der Waals surface area contributed by atoms with Crippen LogP contribution in [0.4, 0.5) is 0 Å². The lowest BCUT2D eigenvalue weighted by Crippen LogP contribution is -2.44. The summed E-state index contributed by atoms with van der Waals surface area (Å²) in [4.78, 5) is 6.88. The standard InChI is InChI=1S/C22H32N4O2/c1-23-22(24-12-11-18-8-6-9-19(16-18)27-2)25-17-20(21-10-7-15-28-21)26-13-4-3-5-14-26/h6-10,15-16,20H,3-5,11-14,17H2,1-2H3,(H2,23,24,25). The molecule has 2 aromatic rings. The van der Waals surface area contributed by atoms with Crippen molar-refractivity contribution in [2.75, 3.05) is 40.3 Å². The van der Waals surface area contributed by atoms with Gasteiger partial charge in [0.15, 0.2) is 5.96 Å². The van der Waals surface area contributed by atoms with Crippen LogP contribution in [-0.4, -0.2) is 51.2 Å². The fourth-order valence-electron chi connectivity index (χ4n) is 3.69. The van der Waals surface area contributed by atoms with E-state index in [1.807, 2.05) is 25.2 Å². The van der Waals surface area contributed by atoms with E-state index >= 15 is 0 Å². The van der Waals surface area contributed by atoms with Crippen LogP contribution in [0.2, 0.25) is 0 Å². The number of furan rings is 1. The second-order valence-electron chi connectivity index (χ2n) is 7.11. The summed E-state index contributed by atoms with van der Waals surface area (Å²) in [7, 11) is 3.50. The van der Waals surface area contributed by atoms with Crippen molar-refractivity contribution in [3.05, 3.63) is 54.0 Å². The number of hydrogen-bond acceptors (Lipinski definition) is 4. The van der Waals surface area contributed by atoms with Crippen LogP contribution in [0, 0.1) is 0 Å². The molecular formula is C22H32N4O2. The van der Waals surface area contributed by atoms with Crippen molar-refractivity contribution in [2.45, 2.75) is 31.7 Å². The minimum absolute atomic E-state index is 0.229. The lowest BCUT2D eigenvalue weighted by Gasteiger charge is -2.33. The van der Waals surface area contributed by atoms with Gasteiger partial charge in [0.2, 0.25) is 0 Å². The monoisotopic (exact) mass is 384 g/mol. The van der Waals surface area contributed by atoms with Gasteiger partial charge in [-0.3, -0.25) is 9.89 Å². The summed E-state index contributed by atoms with van der Waals surface area (Å²) in [6, 6.07) is 12.4. The van der Waals surface area contributed by atoms with Crippen LogP contribution in [0.5, 0.6) is 5.75 Å². The largest absolute Gasteiger partial charge is 0.497 e. The quantitative estimate of drug-likeness (QED) is 0.540. The van der Waals surface area contributed by atoms with Crippen LogP contribution in [0.15, 0.2) is 52.1 Å². The van der Waals surface area contributed by atoms with E-state index in [9.17, 15) is 0 Å². The zero-order valence-corrected chi connectivity index (χ0v) is 17.0. The molecule has 0 amide bonds. The van der Waals surface area contributed by atoms with E-state index in [-0.39, 0.29) is 6.04 Å². The predicted octanol–water partition coefficient (Wildman–Crippen LogP) is 3.22.